The van der Waals surface area contributed by atoms with Crippen LogP contribution in [0.3, 0.4) is 0 Å². The summed E-state index contributed by atoms with van der Waals surface area (Å²) in [4.78, 5) is 11.2. The summed E-state index contributed by atoms with van der Waals surface area (Å²) in [6, 6.07) is 19.0. The van der Waals surface area contributed by atoms with E-state index in [4.69, 9.17) is 0 Å². The Morgan fingerprint density at radius 1 is 1.05 bits per heavy atom. The molecule has 0 spiro atoms. The number of benzene rings is 2. The number of aryl methyl sites for hydroxylation is 1. The maximum Gasteiger partial charge on any atom is 0.356 e. The minimum Gasteiger partial charge on any atom is -0.476 e. The van der Waals surface area contributed by atoms with Crippen LogP contribution < -0.4 is 0 Å². The first kappa shape index (κ1) is 13.1. The summed E-state index contributed by atoms with van der Waals surface area (Å²) in [5.41, 5.74) is 3.70. The molecule has 3 rings (SSSR count). The first-order valence-electron chi connectivity index (χ1n) is 6.61. The second-order valence-corrected chi connectivity index (χ2v) is 4.78. The van der Waals surface area contributed by atoms with Crippen LogP contribution >= 0.6 is 0 Å². The third-order valence-corrected chi connectivity index (χ3v) is 3.35. The van der Waals surface area contributed by atoms with Gasteiger partial charge in [0.1, 0.15) is 0 Å². The standard InChI is InChI=1S/C17H14N2O2/c1-12-7-5-6-10-14(12)16-11-15(17(20)21)18-19(16)13-8-3-2-4-9-13/h2-11H,1H3,(H,20,21). The molecule has 0 unspecified atom stereocenters. The highest BCUT2D eigenvalue weighted by atomic mass is 16.4. The van der Waals surface area contributed by atoms with E-state index in [9.17, 15) is 9.90 Å². The molecule has 2 aromatic carbocycles. The van der Waals surface area contributed by atoms with E-state index in [0.29, 0.717) is 0 Å². The van der Waals surface area contributed by atoms with Crippen molar-refractivity contribution < 1.29 is 9.90 Å². The molecule has 0 aliphatic heterocycles. The summed E-state index contributed by atoms with van der Waals surface area (Å²) in [6.45, 7) is 2.00. The minimum absolute atomic E-state index is 0.0390. The van der Waals surface area contributed by atoms with Crippen LogP contribution in [-0.4, -0.2) is 20.9 Å². The molecular formula is C17H14N2O2. The Morgan fingerprint density at radius 2 is 1.71 bits per heavy atom. The Balaban J connectivity index is 2.24. The number of rotatable bonds is 3. The van der Waals surface area contributed by atoms with Gasteiger partial charge in [-0.25, -0.2) is 9.48 Å². The van der Waals surface area contributed by atoms with Gasteiger partial charge >= 0.3 is 5.97 Å². The van der Waals surface area contributed by atoms with Gasteiger partial charge in [0, 0.05) is 5.56 Å². The fourth-order valence-electron chi connectivity index (χ4n) is 2.30. The SMILES string of the molecule is Cc1ccccc1-c1cc(C(=O)O)nn1-c1ccccc1. The molecular weight excluding hydrogens is 264 g/mol. The van der Waals surface area contributed by atoms with Gasteiger partial charge in [0.2, 0.25) is 0 Å². The number of aromatic nitrogens is 2. The maximum atomic E-state index is 11.2. The molecule has 0 saturated carbocycles. The quantitative estimate of drug-likeness (QED) is 0.797. The Labute approximate surface area is 122 Å². The van der Waals surface area contributed by atoms with Crippen molar-refractivity contribution in [3.8, 4) is 16.9 Å². The fraction of sp³-hybridized carbons (Fsp3) is 0.0588. The van der Waals surface area contributed by atoms with E-state index in [1.807, 2.05) is 61.5 Å². The molecule has 0 radical (unpaired) electrons. The first-order chi connectivity index (χ1) is 10.2. The molecule has 0 atom stereocenters. The van der Waals surface area contributed by atoms with Crippen LogP contribution in [0.4, 0.5) is 0 Å². The summed E-state index contributed by atoms with van der Waals surface area (Å²) < 4.78 is 1.67. The monoisotopic (exact) mass is 278 g/mol. The smallest absolute Gasteiger partial charge is 0.356 e. The average Bonchev–Trinajstić information content (AvgIpc) is 2.94. The van der Waals surface area contributed by atoms with E-state index >= 15 is 0 Å². The zero-order chi connectivity index (χ0) is 14.8. The summed E-state index contributed by atoms with van der Waals surface area (Å²) in [6.07, 6.45) is 0. The van der Waals surface area contributed by atoms with E-state index in [0.717, 1.165) is 22.5 Å². The van der Waals surface area contributed by atoms with E-state index in [2.05, 4.69) is 5.10 Å². The largest absolute Gasteiger partial charge is 0.476 e. The molecule has 0 aliphatic rings. The fourth-order valence-corrected chi connectivity index (χ4v) is 2.30. The Morgan fingerprint density at radius 3 is 2.38 bits per heavy atom. The van der Waals surface area contributed by atoms with E-state index < -0.39 is 5.97 Å². The molecule has 1 heterocycles. The highest BCUT2D eigenvalue weighted by molar-refractivity contribution is 5.87. The number of aromatic carboxylic acids is 1. The van der Waals surface area contributed by atoms with Crippen LogP contribution in [0.5, 0.6) is 0 Å². The Hall–Kier alpha value is -2.88. The number of carboxylic acids is 1. The number of para-hydroxylation sites is 1. The second-order valence-electron chi connectivity index (χ2n) is 4.78. The van der Waals surface area contributed by atoms with Gasteiger partial charge in [-0.15, -0.1) is 0 Å². The van der Waals surface area contributed by atoms with Gasteiger partial charge in [-0.05, 0) is 30.7 Å². The molecule has 21 heavy (non-hydrogen) atoms. The third-order valence-electron chi connectivity index (χ3n) is 3.35. The number of hydrogen-bond acceptors (Lipinski definition) is 2. The molecule has 1 N–H and O–H groups in total. The number of hydrogen-bond donors (Lipinski definition) is 1. The van der Waals surface area contributed by atoms with Crippen LogP contribution in [0.25, 0.3) is 16.9 Å². The first-order valence-corrected chi connectivity index (χ1v) is 6.61. The molecule has 1 aromatic heterocycles. The van der Waals surface area contributed by atoms with Gasteiger partial charge in [0.25, 0.3) is 0 Å². The van der Waals surface area contributed by atoms with Crippen molar-refractivity contribution in [2.24, 2.45) is 0 Å². The zero-order valence-electron chi connectivity index (χ0n) is 11.5. The Kier molecular flexibility index (Phi) is 3.28. The normalized spacial score (nSPS) is 10.5. The summed E-state index contributed by atoms with van der Waals surface area (Å²) in [5, 5.41) is 13.4. The predicted molar refractivity (Wildman–Crippen MR) is 80.7 cm³/mol. The van der Waals surface area contributed by atoms with Crippen LogP contribution in [0, 0.1) is 6.92 Å². The highest BCUT2D eigenvalue weighted by Gasteiger charge is 2.16. The van der Waals surface area contributed by atoms with Crippen LogP contribution in [0.2, 0.25) is 0 Å². The van der Waals surface area contributed by atoms with E-state index in [1.54, 1.807) is 10.7 Å². The Bertz CT molecular complexity index is 792. The average molecular weight is 278 g/mol. The maximum absolute atomic E-state index is 11.2. The van der Waals surface area contributed by atoms with Gasteiger partial charge in [-0.3, -0.25) is 0 Å². The molecule has 0 amide bonds. The number of carboxylic acid groups (broad SMARTS) is 1. The van der Waals surface area contributed by atoms with Crippen molar-refractivity contribution in [2.75, 3.05) is 0 Å². The van der Waals surface area contributed by atoms with Gasteiger partial charge in [0.15, 0.2) is 5.69 Å². The molecule has 104 valence electrons. The lowest BCUT2D eigenvalue weighted by molar-refractivity contribution is 0.0690. The van der Waals surface area contributed by atoms with Crippen molar-refractivity contribution in [1.29, 1.82) is 0 Å². The number of carbonyl (C=O) groups is 1. The minimum atomic E-state index is -1.03. The van der Waals surface area contributed by atoms with Crippen molar-refractivity contribution in [3.63, 3.8) is 0 Å². The van der Waals surface area contributed by atoms with E-state index in [1.165, 1.54) is 0 Å². The zero-order valence-corrected chi connectivity index (χ0v) is 11.5. The van der Waals surface area contributed by atoms with Gasteiger partial charge in [0.05, 0.1) is 11.4 Å². The van der Waals surface area contributed by atoms with Crippen molar-refractivity contribution >= 4 is 5.97 Å². The molecule has 0 bridgehead atoms. The third kappa shape index (κ3) is 2.43. The molecule has 4 heteroatoms. The van der Waals surface area contributed by atoms with Gasteiger partial charge in [-0.1, -0.05) is 42.5 Å². The lowest BCUT2D eigenvalue weighted by Crippen LogP contribution is -2.02. The summed E-state index contributed by atoms with van der Waals surface area (Å²) in [7, 11) is 0. The second kappa shape index (κ2) is 5.25. The van der Waals surface area contributed by atoms with Gasteiger partial charge in [-0.2, -0.15) is 5.10 Å². The molecule has 3 aromatic rings. The highest BCUT2D eigenvalue weighted by Crippen LogP contribution is 2.26. The van der Waals surface area contributed by atoms with Crippen LogP contribution in [0.15, 0.2) is 60.7 Å². The van der Waals surface area contributed by atoms with Crippen molar-refractivity contribution in [1.82, 2.24) is 9.78 Å². The summed E-state index contributed by atoms with van der Waals surface area (Å²) >= 11 is 0. The molecule has 0 fully saturated rings. The molecule has 4 nitrogen and oxygen atoms in total. The van der Waals surface area contributed by atoms with Crippen LogP contribution in [0.1, 0.15) is 16.1 Å². The number of nitrogens with zero attached hydrogens (tertiary/aromatic N) is 2. The topological polar surface area (TPSA) is 55.1 Å². The molecule has 0 aliphatic carbocycles. The lowest BCUT2D eigenvalue weighted by atomic mass is 10.1. The predicted octanol–water partition coefficient (Wildman–Crippen LogP) is 3.55. The van der Waals surface area contributed by atoms with E-state index in [-0.39, 0.29) is 5.69 Å². The lowest BCUT2D eigenvalue weighted by Gasteiger charge is -2.09. The molecule has 0 saturated heterocycles. The van der Waals surface area contributed by atoms with Crippen LogP contribution in [-0.2, 0) is 0 Å². The van der Waals surface area contributed by atoms with Gasteiger partial charge < -0.3 is 5.11 Å². The summed E-state index contributed by atoms with van der Waals surface area (Å²) in [5.74, 6) is -1.03. The van der Waals surface area contributed by atoms with Crippen molar-refractivity contribution in [3.05, 3.63) is 71.9 Å². The van der Waals surface area contributed by atoms with Crippen molar-refractivity contribution in [2.45, 2.75) is 6.92 Å².